The average Bonchev–Trinajstić information content (AvgIpc) is 3.01. The van der Waals surface area contributed by atoms with E-state index in [2.05, 4.69) is 4.98 Å². The summed E-state index contributed by atoms with van der Waals surface area (Å²) in [5.41, 5.74) is 4.82. The van der Waals surface area contributed by atoms with Gasteiger partial charge in [0.15, 0.2) is 5.69 Å². The topological polar surface area (TPSA) is 139 Å². The summed E-state index contributed by atoms with van der Waals surface area (Å²) in [6.07, 6.45) is 4.70. The number of H-pyrrole nitrogens is 1. The Morgan fingerprint density at radius 1 is 1.09 bits per heavy atom. The van der Waals surface area contributed by atoms with Crippen molar-refractivity contribution in [1.29, 1.82) is 0 Å². The number of nitrogens with two attached hydrogens (primary N) is 1. The maximum absolute atomic E-state index is 13.3. The van der Waals surface area contributed by atoms with Gasteiger partial charge in [0.25, 0.3) is 5.56 Å². The van der Waals surface area contributed by atoms with Gasteiger partial charge in [0.1, 0.15) is 5.82 Å². The van der Waals surface area contributed by atoms with E-state index in [0.29, 0.717) is 25.8 Å². The van der Waals surface area contributed by atoms with E-state index >= 15 is 0 Å². The van der Waals surface area contributed by atoms with Crippen LogP contribution in [0, 0.1) is 17.8 Å². The standard InChI is InChI=1S/C23H35N5O5/c1-4-5-11-26-19(24)18(20(30)25-23(26)33)28(13-14(2)3)17(29)10-12-27-21(31)15-8-6-7-9-16(15)22(27)32/h14-16H,4-13,24H2,1-3H3,(H,25,30,33). The Morgan fingerprint density at radius 2 is 1.70 bits per heavy atom. The Labute approximate surface area is 193 Å². The maximum Gasteiger partial charge on any atom is 0.330 e. The van der Waals surface area contributed by atoms with Crippen LogP contribution in [0.1, 0.15) is 65.7 Å². The number of nitrogens with zero attached hydrogens (tertiary/aromatic N) is 3. The van der Waals surface area contributed by atoms with E-state index in [1.165, 1.54) is 14.4 Å². The van der Waals surface area contributed by atoms with Gasteiger partial charge in [-0.25, -0.2) is 4.79 Å². The van der Waals surface area contributed by atoms with Gasteiger partial charge in [-0.3, -0.25) is 33.6 Å². The molecule has 2 atom stereocenters. The first-order valence-corrected chi connectivity index (χ1v) is 12.0. The van der Waals surface area contributed by atoms with Crippen LogP contribution in [0.15, 0.2) is 9.59 Å². The lowest BCUT2D eigenvalue weighted by atomic mass is 9.81. The first-order valence-electron chi connectivity index (χ1n) is 12.0. The summed E-state index contributed by atoms with van der Waals surface area (Å²) < 4.78 is 1.28. The molecule has 1 aliphatic heterocycles. The summed E-state index contributed by atoms with van der Waals surface area (Å²) in [6.45, 7) is 6.29. The number of anilines is 2. The van der Waals surface area contributed by atoms with Crippen LogP contribution in [-0.2, 0) is 20.9 Å². The fourth-order valence-electron chi connectivity index (χ4n) is 4.85. The Balaban J connectivity index is 1.84. The molecule has 33 heavy (non-hydrogen) atoms. The first kappa shape index (κ1) is 24.7. The molecule has 10 nitrogen and oxygen atoms in total. The molecule has 2 fully saturated rings. The molecule has 0 radical (unpaired) electrons. The second-order valence-electron chi connectivity index (χ2n) is 9.47. The highest BCUT2D eigenvalue weighted by molar-refractivity contribution is 6.05. The highest BCUT2D eigenvalue weighted by atomic mass is 16.2. The quantitative estimate of drug-likeness (QED) is 0.534. The van der Waals surface area contributed by atoms with E-state index in [9.17, 15) is 24.0 Å². The minimum Gasteiger partial charge on any atom is -0.383 e. The summed E-state index contributed by atoms with van der Waals surface area (Å²) in [4.78, 5) is 68.5. The normalized spacial score (nSPS) is 20.4. The van der Waals surface area contributed by atoms with Crippen molar-refractivity contribution in [3.63, 3.8) is 0 Å². The van der Waals surface area contributed by atoms with Crippen molar-refractivity contribution < 1.29 is 14.4 Å². The van der Waals surface area contributed by atoms with Crippen molar-refractivity contribution in [2.24, 2.45) is 17.8 Å². The van der Waals surface area contributed by atoms with Crippen LogP contribution in [0.3, 0.4) is 0 Å². The van der Waals surface area contributed by atoms with Crippen LogP contribution < -0.4 is 21.9 Å². The Morgan fingerprint density at radius 3 is 2.24 bits per heavy atom. The van der Waals surface area contributed by atoms with E-state index in [-0.39, 0.29) is 60.6 Å². The molecule has 0 spiro atoms. The van der Waals surface area contributed by atoms with E-state index in [0.717, 1.165) is 19.3 Å². The van der Waals surface area contributed by atoms with Gasteiger partial charge in [0.2, 0.25) is 17.7 Å². The van der Waals surface area contributed by atoms with Crippen molar-refractivity contribution in [3.05, 3.63) is 20.8 Å². The smallest absolute Gasteiger partial charge is 0.330 e. The lowest BCUT2D eigenvalue weighted by molar-refractivity contribution is -0.140. The first-order chi connectivity index (χ1) is 15.7. The molecule has 0 bridgehead atoms. The van der Waals surface area contributed by atoms with Gasteiger partial charge < -0.3 is 10.6 Å². The highest BCUT2D eigenvalue weighted by Crippen LogP contribution is 2.38. The van der Waals surface area contributed by atoms with Crippen LogP contribution in [-0.4, -0.2) is 45.3 Å². The number of imide groups is 1. The molecule has 0 aromatic carbocycles. The molecule has 182 valence electrons. The largest absolute Gasteiger partial charge is 0.383 e. The Bertz CT molecular complexity index is 1000. The molecule has 1 saturated carbocycles. The maximum atomic E-state index is 13.3. The van der Waals surface area contributed by atoms with Gasteiger partial charge in [-0.15, -0.1) is 0 Å². The number of aromatic amines is 1. The zero-order valence-corrected chi connectivity index (χ0v) is 19.8. The van der Waals surface area contributed by atoms with Crippen LogP contribution >= 0.6 is 0 Å². The number of hydrogen-bond donors (Lipinski definition) is 2. The van der Waals surface area contributed by atoms with E-state index in [4.69, 9.17) is 5.73 Å². The van der Waals surface area contributed by atoms with E-state index in [1.807, 2.05) is 20.8 Å². The van der Waals surface area contributed by atoms with Crippen molar-refractivity contribution in [1.82, 2.24) is 14.5 Å². The number of rotatable bonds is 9. The number of likely N-dealkylation sites (tertiary alicyclic amines) is 1. The predicted octanol–water partition coefficient (Wildman–Crippen LogP) is 1.47. The monoisotopic (exact) mass is 461 g/mol. The average molecular weight is 462 g/mol. The van der Waals surface area contributed by atoms with Crippen LogP contribution in [0.2, 0.25) is 0 Å². The van der Waals surface area contributed by atoms with Gasteiger partial charge in [0.05, 0.1) is 11.8 Å². The van der Waals surface area contributed by atoms with Gasteiger partial charge >= 0.3 is 5.69 Å². The third kappa shape index (κ3) is 5.04. The molecule has 1 saturated heterocycles. The molecule has 10 heteroatoms. The summed E-state index contributed by atoms with van der Waals surface area (Å²) >= 11 is 0. The number of carbonyl (C=O) groups excluding carboxylic acids is 3. The molecule has 3 rings (SSSR count). The van der Waals surface area contributed by atoms with Gasteiger partial charge in [-0.1, -0.05) is 40.0 Å². The SMILES string of the molecule is CCCCn1c(N)c(N(CC(C)C)C(=O)CCN2C(=O)C3CCCCC3C2=O)c(=O)[nH]c1=O. The number of fused-ring (bicyclic) bond motifs is 1. The summed E-state index contributed by atoms with van der Waals surface area (Å²) in [7, 11) is 0. The third-order valence-corrected chi connectivity index (χ3v) is 6.55. The zero-order valence-electron chi connectivity index (χ0n) is 19.8. The number of unbranched alkanes of at least 4 members (excludes halogenated alkanes) is 1. The molecule has 3 amide bonds. The minimum absolute atomic E-state index is 0.0155. The van der Waals surface area contributed by atoms with Crippen molar-refractivity contribution >= 4 is 29.2 Å². The van der Waals surface area contributed by atoms with Crippen molar-refractivity contribution in [2.45, 2.75) is 72.3 Å². The summed E-state index contributed by atoms with van der Waals surface area (Å²) in [5, 5.41) is 0. The highest BCUT2D eigenvalue weighted by Gasteiger charge is 2.48. The molecule has 2 unspecified atom stereocenters. The molecule has 1 aromatic rings. The second-order valence-corrected chi connectivity index (χ2v) is 9.47. The number of amides is 3. The number of aromatic nitrogens is 2. The lowest BCUT2D eigenvalue weighted by Crippen LogP contribution is -2.44. The lowest BCUT2D eigenvalue weighted by Gasteiger charge is -2.27. The fourth-order valence-corrected chi connectivity index (χ4v) is 4.85. The van der Waals surface area contributed by atoms with Crippen molar-refractivity contribution in [2.75, 3.05) is 23.7 Å². The molecule has 3 N–H and O–H groups in total. The van der Waals surface area contributed by atoms with E-state index < -0.39 is 17.2 Å². The van der Waals surface area contributed by atoms with Gasteiger partial charge in [0, 0.05) is 26.1 Å². The molecule has 1 aliphatic carbocycles. The van der Waals surface area contributed by atoms with Gasteiger partial charge in [-0.05, 0) is 25.2 Å². The van der Waals surface area contributed by atoms with Crippen LogP contribution in [0.25, 0.3) is 0 Å². The van der Waals surface area contributed by atoms with Crippen LogP contribution in [0.4, 0.5) is 11.5 Å². The zero-order chi connectivity index (χ0) is 24.3. The van der Waals surface area contributed by atoms with Crippen molar-refractivity contribution in [3.8, 4) is 0 Å². The molecular weight excluding hydrogens is 426 g/mol. The second kappa shape index (κ2) is 10.4. The molecule has 2 aliphatic rings. The Hall–Kier alpha value is -2.91. The predicted molar refractivity (Wildman–Crippen MR) is 125 cm³/mol. The summed E-state index contributed by atoms with van der Waals surface area (Å²) in [5.74, 6) is -1.39. The fraction of sp³-hybridized carbons (Fsp3) is 0.696. The van der Waals surface area contributed by atoms with Crippen LogP contribution in [0.5, 0.6) is 0 Å². The molecular formula is C23H35N5O5. The third-order valence-electron chi connectivity index (χ3n) is 6.55. The minimum atomic E-state index is -0.724. The Kier molecular flexibility index (Phi) is 7.76. The summed E-state index contributed by atoms with van der Waals surface area (Å²) in [6, 6.07) is 0. The molecule has 1 aromatic heterocycles. The molecule has 2 heterocycles. The van der Waals surface area contributed by atoms with Gasteiger partial charge in [-0.2, -0.15) is 0 Å². The number of carbonyl (C=O) groups is 3. The van der Waals surface area contributed by atoms with E-state index in [1.54, 1.807) is 0 Å². The number of hydrogen-bond acceptors (Lipinski definition) is 6. The number of nitrogen functional groups attached to an aromatic ring is 1. The number of nitrogens with one attached hydrogen (secondary N) is 1.